The minimum atomic E-state index is -0.922. The number of carbonyl (C=O) groups is 2. The van der Waals surface area contributed by atoms with E-state index in [0.717, 1.165) is 12.8 Å². The first-order valence-electron chi connectivity index (χ1n) is 5.88. The molecule has 1 rings (SSSR count). The molecule has 0 aromatic heterocycles. The van der Waals surface area contributed by atoms with Gasteiger partial charge in [0.25, 0.3) is 0 Å². The van der Waals surface area contributed by atoms with Crippen LogP contribution >= 0.6 is 11.8 Å². The van der Waals surface area contributed by atoms with Gasteiger partial charge in [-0.3, -0.25) is 4.79 Å². The van der Waals surface area contributed by atoms with Crippen molar-refractivity contribution in [2.75, 3.05) is 5.75 Å². The second kappa shape index (κ2) is 6.26. The summed E-state index contributed by atoms with van der Waals surface area (Å²) in [7, 11) is 0. The Kier molecular flexibility index (Phi) is 5.27. The standard InChI is InChI=1S/C11H20N2O3S/c1-3-4-10-13(9(14)5-7(2)12)8(6-17-10)11(15)16/h7-8,10H,3-6,12H2,1-2H3,(H,15,16). The second-order valence-corrected chi connectivity index (χ2v) is 5.62. The summed E-state index contributed by atoms with van der Waals surface area (Å²) < 4.78 is 0. The van der Waals surface area contributed by atoms with Crippen molar-refractivity contribution in [1.82, 2.24) is 4.90 Å². The molecule has 1 fully saturated rings. The lowest BCUT2D eigenvalue weighted by atomic mass is 10.1. The molecule has 1 aliphatic heterocycles. The lowest BCUT2D eigenvalue weighted by Gasteiger charge is -2.27. The van der Waals surface area contributed by atoms with Crippen LogP contribution in [0, 0.1) is 0 Å². The van der Waals surface area contributed by atoms with Crippen LogP contribution in [0.15, 0.2) is 0 Å². The number of nitrogens with zero attached hydrogens (tertiary/aromatic N) is 1. The summed E-state index contributed by atoms with van der Waals surface area (Å²) in [5, 5.41) is 9.11. The largest absolute Gasteiger partial charge is 0.480 e. The molecule has 0 bridgehead atoms. The number of thioether (sulfide) groups is 1. The van der Waals surface area contributed by atoms with E-state index in [4.69, 9.17) is 10.8 Å². The number of hydrogen-bond donors (Lipinski definition) is 2. The van der Waals surface area contributed by atoms with Crippen molar-refractivity contribution in [3.05, 3.63) is 0 Å². The quantitative estimate of drug-likeness (QED) is 0.766. The Morgan fingerprint density at radius 3 is 2.71 bits per heavy atom. The number of amides is 1. The number of carboxylic acids is 1. The molecule has 1 amide bonds. The first-order valence-corrected chi connectivity index (χ1v) is 6.93. The zero-order valence-electron chi connectivity index (χ0n) is 10.3. The third-order valence-corrected chi connectivity index (χ3v) is 4.05. The van der Waals surface area contributed by atoms with Gasteiger partial charge in [0.1, 0.15) is 6.04 Å². The summed E-state index contributed by atoms with van der Waals surface area (Å²) in [5.74, 6) is -0.588. The lowest BCUT2D eigenvalue weighted by molar-refractivity contribution is -0.149. The minimum Gasteiger partial charge on any atom is -0.480 e. The van der Waals surface area contributed by atoms with E-state index >= 15 is 0 Å². The lowest BCUT2D eigenvalue weighted by Crippen LogP contribution is -2.46. The molecule has 0 aromatic carbocycles. The Balaban J connectivity index is 2.77. The molecule has 0 aromatic rings. The number of hydrogen-bond acceptors (Lipinski definition) is 4. The summed E-state index contributed by atoms with van der Waals surface area (Å²) >= 11 is 1.55. The van der Waals surface area contributed by atoms with Gasteiger partial charge in [0, 0.05) is 18.2 Å². The zero-order chi connectivity index (χ0) is 13.0. The monoisotopic (exact) mass is 260 g/mol. The van der Waals surface area contributed by atoms with Crippen LogP contribution in [0.1, 0.15) is 33.1 Å². The fourth-order valence-electron chi connectivity index (χ4n) is 1.94. The van der Waals surface area contributed by atoms with E-state index in [9.17, 15) is 9.59 Å². The fraction of sp³-hybridized carbons (Fsp3) is 0.818. The van der Waals surface area contributed by atoms with Gasteiger partial charge in [0.15, 0.2) is 0 Å². The molecule has 0 saturated carbocycles. The van der Waals surface area contributed by atoms with E-state index in [-0.39, 0.29) is 23.7 Å². The highest BCUT2D eigenvalue weighted by Gasteiger charge is 2.40. The first-order chi connectivity index (χ1) is 7.97. The maximum atomic E-state index is 12.0. The van der Waals surface area contributed by atoms with E-state index in [1.54, 1.807) is 18.7 Å². The number of rotatable bonds is 5. The molecule has 1 aliphatic rings. The third kappa shape index (κ3) is 3.61. The Bertz CT molecular complexity index is 296. The normalized spacial score (nSPS) is 25.9. The average Bonchev–Trinajstić information content (AvgIpc) is 2.61. The van der Waals surface area contributed by atoms with E-state index in [1.807, 2.05) is 6.92 Å². The van der Waals surface area contributed by atoms with Crippen molar-refractivity contribution in [3.8, 4) is 0 Å². The molecule has 3 atom stereocenters. The molecule has 3 N–H and O–H groups in total. The van der Waals surface area contributed by atoms with Crippen LogP contribution in [-0.2, 0) is 9.59 Å². The van der Waals surface area contributed by atoms with E-state index in [2.05, 4.69) is 0 Å². The predicted molar refractivity (Wildman–Crippen MR) is 67.7 cm³/mol. The highest BCUT2D eigenvalue weighted by Crippen LogP contribution is 2.32. The smallest absolute Gasteiger partial charge is 0.327 e. The van der Waals surface area contributed by atoms with Crippen molar-refractivity contribution in [2.24, 2.45) is 5.73 Å². The van der Waals surface area contributed by atoms with Gasteiger partial charge in [-0.25, -0.2) is 4.79 Å². The Morgan fingerprint density at radius 1 is 1.59 bits per heavy atom. The maximum Gasteiger partial charge on any atom is 0.327 e. The van der Waals surface area contributed by atoms with Crippen LogP contribution in [-0.4, -0.2) is 45.1 Å². The SMILES string of the molecule is CCCC1SCC(C(=O)O)N1C(=O)CC(C)N. The van der Waals surface area contributed by atoms with E-state index < -0.39 is 12.0 Å². The predicted octanol–water partition coefficient (Wildman–Crippen LogP) is 0.879. The topological polar surface area (TPSA) is 83.6 Å². The van der Waals surface area contributed by atoms with Crippen molar-refractivity contribution in [1.29, 1.82) is 0 Å². The molecule has 1 heterocycles. The zero-order valence-corrected chi connectivity index (χ0v) is 11.1. The summed E-state index contributed by atoms with van der Waals surface area (Å²) in [5.41, 5.74) is 5.60. The maximum absolute atomic E-state index is 12.0. The summed E-state index contributed by atoms with van der Waals surface area (Å²) in [6.45, 7) is 3.79. The summed E-state index contributed by atoms with van der Waals surface area (Å²) in [4.78, 5) is 24.7. The van der Waals surface area contributed by atoms with Crippen LogP contribution in [0.4, 0.5) is 0 Å². The van der Waals surface area contributed by atoms with Crippen LogP contribution < -0.4 is 5.73 Å². The number of nitrogens with two attached hydrogens (primary N) is 1. The van der Waals surface area contributed by atoms with Gasteiger partial charge < -0.3 is 15.7 Å². The molecule has 3 unspecified atom stereocenters. The fourth-order valence-corrected chi connectivity index (χ4v) is 3.47. The van der Waals surface area contributed by atoms with Crippen molar-refractivity contribution in [2.45, 2.75) is 50.6 Å². The Hall–Kier alpha value is -0.750. The summed E-state index contributed by atoms with van der Waals surface area (Å²) in [6.07, 6.45) is 1.98. The number of carboxylic acid groups (broad SMARTS) is 1. The first kappa shape index (κ1) is 14.3. The third-order valence-electron chi connectivity index (χ3n) is 2.70. The van der Waals surface area contributed by atoms with Crippen LogP contribution in [0.5, 0.6) is 0 Å². The molecule has 17 heavy (non-hydrogen) atoms. The van der Waals surface area contributed by atoms with Crippen molar-refractivity contribution < 1.29 is 14.7 Å². The number of carbonyl (C=O) groups excluding carboxylic acids is 1. The Morgan fingerprint density at radius 2 is 2.24 bits per heavy atom. The van der Waals surface area contributed by atoms with Crippen molar-refractivity contribution >= 4 is 23.6 Å². The molecule has 6 heteroatoms. The van der Waals surface area contributed by atoms with Crippen LogP contribution in [0.3, 0.4) is 0 Å². The van der Waals surface area contributed by atoms with Gasteiger partial charge >= 0.3 is 5.97 Å². The molecule has 0 spiro atoms. The highest BCUT2D eigenvalue weighted by molar-refractivity contribution is 8.00. The van der Waals surface area contributed by atoms with E-state index in [1.165, 1.54) is 4.90 Å². The molecule has 1 saturated heterocycles. The van der Waals surface area contributed by atoms with Gasteiger partial charge in [0.2, 0.25) is 5.91 Å². The second-order valence-electron chi connectivity index (χ2n) is 4.41. The molecule has 0 aliphatic carbocycles. The highest BCUT2D eigenvalue weighted by atomic mass is 32.2. The van der Waals surface area contributed by atoms with Crippen molar-refractivity contribution in [3.63, 3.8) is 0 Å². The van der Waals surface area contributed by atoms with Gasteiger partial charge in [-0.15, -0.1) is 11.8 Å². The van der Waals surface area contributed by atoms with Crippen LogP contribution in [0.2, 0.25) is 0 Å². The van der Waals surface area contributed by atoms with Gasteiger partial charge in [-0.05, 0) is 13.3 Å². The molecular formula is C11H20N2O3S. The molecule has 98 valence electrons. The molecule has 0 radical (unpaired) electrons. The van der Waals surface area contributed by atoms with Crippen LogP contribution in [0.25, 0.3) is 0 Å². The van der Waals surface area contributed by atoms with E-state index in [0.29, 0.717) is 5.75 Å². The Labute approximate surface area is 106 Å². The molecular weight excluding hydrogens is 240 g/mol. The van der Waals surface area contributed by atoms with Gasteiger partial charge in [0.05, 0.1) is 5.37 Å². The average molecular weight is 260 g/mol. The summed E-state index contributed by atoms with van der Waals surface area (Å²) in [6, 6.07) is -0.923. The number of aliphatic carboxylic acids is 1. The molecule has 5 nitrogen and oxygen atoms in total. The minimum absolute atomic E-state index is 0.00708. The van der Waals surface area contributed by atoms with Gasteiger partial charge in [-0.1, -0.05) is 13.3 Å². The van der Waals surface area contributed by atoms with Gasteiger partial charge in [-0.2, -0.15) is 0 Å².